The molecule has 0 unspecified atom stereocenters. The number of amides is 1. The lowest BCUT2D eigenvalue weighted by molar-refractivity contribution is -0.104. The Balaban J connectivity index is 0.00000243. The molecule has 0 bridgehead atoms. The molecule has 140 valence electrons. The smallest absolute Gasteiger partial charge is 0.408 e. The molecule has 8 heteroatoms. The summed E-state index contributed by atoms with van der Waals surface area (Å²) < 4.78 is 43.4. The summed E-state index contributed by atoms with van der Waals surface area (Å²) in [5.41, 5.74) is 1.18. The van der Waals surface area contributed by atoms with Crippen LogP contribution >= 0.6 is 12.4 Å². The predicted octanol–water partition coefficient (Wildman–Crippen LogP) is 4.11. The summed E-state index contributed by atoms with van der Waals surface area (Å²) in [6, 6.07) is 12.5. The second-order valence-electron chi connectivity index (χ2n) is 5.60. The molecule has 1 aliphatic heterocycles. The van der Waals surface area contributed by atoms with Crippen molar-refractivity contribution in [2.24, 2.45) is 0 Å². The Labute approximate surface area is 155 Å². The molecule has 0 spiro atoms. The SMILES string of the molecule is COc1cc([C@@H]2NC(=O)OCC2(F)F)ccc1OCc1ccccc1.Cl. The third kappa shape index (κ3) is 4.35. The van der Waals surface area contributed by atoms with Crippen LogP contribution in [0.3, 0.4) is 0 Å². The number of carbonyl (C=O) groups is 1. The summed E-state index contributed by atoms with van der Waals surface area (Å²) in [6.07, 6.45) is -0.876. The highest BCUT2D eigenvalue weighted by Crippen LogP contribution is 2.38. The Hall–Kier alpha value is -2.54. The van der Waals surface area contributed by atoms with E-state index in [4.69, 9.17) is 9.47 Å². The molecular weight excluding hydrogens is 368 g/mol. The molecule has 5 nitrogen and oxygen atoms in total. The first-order valence-corrected chi connectivity index (χ1v) is 7.65. The predicted molar refractivity (Wildman–Crippen MR) is 93.2 cm³/mol. The lowest BCUT2D eigenvalue weighted by atomic mass is 9.99. The van der Waals surface area contributed by atoms with E-state index in [9.17, 15) is 13.6 Å². The maximum Gasteiger partial charge on any atom is 0.408 e. The highest BCUT2D eigenvalue weighted by molar-refractivity contribution is 5.85. The fourth-order valence-electron chi connectivity index (χ4n) is 2.56. The molecule has 1 N–H and O–H groups in total. The van der Waals surface area contributed by atoms with Gasteiger partial charge in [0.1, 0.15) is 12.6 Å². The molecule has 3 rings (SSSR count). The fourth-order valence-corrected chi connectivity index (χ4v) is 2.56. The molecular formula is C18H18ClF2NO4. The minimum Gasteiger partial charge on any atom is -0.493 e. The first-order chi connectivity index (χ1) is 12.0. The van der Waals surface area contributed by atoms with Crippen molar-refractivity contribution in [1.29, 1.82) is 0 Å². The molecule has 2 aromatic carbocycles. The van der Waals surface area contributed by atoms with Gasteiger partial charge in [0, 0.05) is 0 Å². The van der Waals surface area contributed by atoms with Gasteiger partial charge in [-0.1, -0.05) is 36.4 Å². The van der Waals surface area contributed by atoms with Crippen LogP contribution in [0.4, 0.5) is 13.6 Å². The number of methoxy groups -OCH3 is 1. The van der Waals surface area contributed by atoms with Gasteiger partial charge < -0.3 is 19.5 Å². The second kappa shape index (κ2) is 8.23. The molecule has 1 heterocycles. The van der Waals surface area contributed by atoms with Crippen LogP contribution in [0.15, 0.2) is 48.5 Å². The molecule has 1 amide bonds. The number of alkyl halides is 2. The third-order valence-electron chi connectivity index (χ3n) is 3.84. The molecule has 1 atom stereocenters. The number of cyclic esters (lactones) is 1. The summed E-state index contributed by atoms with van der Waals surface area (Å²) in [5.74, 6) is -2.48. The summed E-state index contributed by atoms with van der Waals surface area (Å²) in [5, 5.41) is 2.14. The zero-order chi connectivity index (χ0) is 17.9. The van der Waals surface area contributed by atoms with Gasteiger partial charge in [-0.3, -0.25) is 0 Å². The van der Waals surface area contributed by atoms with Gasteiger partial charge in [0.15, 0.2) is 18.1 Å². The highest BCUT2D eigenvalue weighted by atomic mass is 35.5. The van der Waals surface area contributed by atoms with Crippen molar-refractivity contribution < 1.29 is 27.8 Å². The van der Waals surface area contributed by atoms with Crippen molar-refractivity contribution in [2.45, 2.75) is 18.6 Å². The average molecular weight is 386 g/mol. The van der Waals surface area contributed by atoms with E-state index in [1.165, 1.54) is 19.2 Å². The number of hydrogen-bond donors (Lipinski definition) is 1. The molecule has 0 aromatic heterocycles. The van der Waals surface area contributed by atoms with Crippen LogP contribution in [-0.2, 0) is 11.3 Å². The molecule has 0 radical (unpaired) electrons. The number of rotatable bonds is 5. The third-order valence-corrected chi connectivity index (χ3v) is 3.84. The van der Waals surface area contributed by atoms with Crippen LogP contribution in [0.2, 0.25) is 0 Å². The van der Waals surface area contributed by atoms with Gasteiger partial charge in [-0.25, -0.2) is 13.6 Å². The molecule has 1 fully saturated rings. The van der Waals surface area contributed by atoms with Crippen molar-refractivity contribution in [2.75, 3.05) is 13.7 Å². The number of ether oxygens (including phenoxy) is 3. The molecule has 0 aliphatic carbocycles. The number of nitrogens with one attached hydrogen (secondary N) is 1. The van der Waals surface area contributed by atoms with Gasteiger partial charge in [-0.05, 0) is 23.3 Å². The molecule has 1 saturated heterocycles. The van der Waals surface area contributed by atoms with Crippen LogP contribution in [0.25, 0.3) is 0 Å². The van der Waals surface area contributed by atoms with Crippen molar-refractivity contribution >= 4 is 18.5 Å². The number of carbonyl (C=O) groups excluding carboxylic acids is 1. The number of benzene rings is 2. The van der Waals surface area contributed by atoms with E-state index in [1.54, 1.807) is 6.07 Å². The topological polar surface area (TPSA) is 56.8 Å². The van der Waals surface area contributed by atoms with Crippen LogP contribution in [0, 0.1) is 0 Å². The molecule has 1 aliphatic rings. The van der Waals surface area contributed by atoms with E-state index in [2.05, 4.69) is 10.1 Å². The van der Waals surface area contributed by atoms with Gasteiger partial charge in [-0.15, -0.1) is 12.4 Å². The van der Waals surface area contributed by atoms with Gasteiger partial charge in [0.25, 0.3) is 0 Å². The zero-order valence-corrected chi connectivity index (χ0v) is 14.7. The summed E-state index contributed by atoms with van der Waals surface area (Å²) >= 11 is 0. The summed E-state index contributed by atoms with van der Waals surface area (Å²) in [4.78, 5) is 11.3. The van der Waals surface area contributed by atoms with Crippen molar-refractivity contribution in [3.05, 3.63) is 59.7 Å². The van der Waals surface area contributed by atoms with Gasteiger partial charge in [0.05, 0.1) is 7.11 Å². The molecule has 26 heavy (non-hydrogen) atoms. The van der Waals surface area contributed by atoms with E-state index >= 15 is 0 Å². The average Bonchev–Trinajstić information content (AvgIpc) is 2.63. The van der Waals surface area contributed by atoms with Crippen molar-refractivity contribution in [3.63, 3.8) is 0 Å². The first kappa shape index (κ1) is 19.8. The normalized spacial score (nSPS) is 18.1. The lowest BCUT2D eigenvalue weighted by Gasteiger charge is -2.32. The first-order valence-electron chi connectivity index (χ1n) is 7.65. The zero-order valence-electron chi connectivity index (χ0n) is 13.9. The largest absolute Gasteiger partial charge is 0.493 e. The monoisotopic (exact) mass is 385 g/mol. The standard InChI is InChI=1S/C18H17F2NO4.ClH/c1-23-15-9-13(16-18(19,20)11-25-17(22)21-16)7-8-14(15)24-10-12-5-3-2-4-6-12;/h2-9,16H,10-11H2,1H3,(H,21,22);1H/t16-;/m0./s1. The Bertz CT molecular complexity index is 758. The summed E-state index contributed by atoms with van der Waals surface area (Å²) in [6.45, 7) is -0.640. The van der Waals surface area contributed by atoms with E-state index < -0.39 is 24.7 Å². The van der Waals surface area contributed by atoms with E-state index in [0.717, 1.165) is 5.56 Å². The number of alkyl carbamates (subject to hydrolysis) is 1. The maximum absolute atomic E-state index is 14.0. The van der Waals surface area contributed by atoms with Crippen LogP contribution in [0.1, 0.15) is 17.2 Å². The Morgan fingerprint density at radius 3 is 2.62 bits per heavy atom. The number of hydrogen-bond acceptors (Lipinski definition) is 4. The lowest BCUT2D eigenvalue weighted by Crippen LogP contribution is -2.49. The van der Waals surface area contributed by atoms with Crippen molar-refractivity contribution in [3.8, 4) is 11.5 Å². The van der Waals surface area contributed by atoms with Crippen molar-refractivity contribution in [1.82, 2.24) is 5.32 Å². The van der Waals surface area contributed by atoms with Crippen LogP contribution in [0.5, 0.6) is 11.5 Å². The quantitative estimate of drug-likeness (QED) is 0.841. The molecule has 0 saturated carbocycles. The Morgan fingerprint density at radius 2 is 1.92 bits per heavy atom. The van der Waals surface area contributed by atoms with E-state index in [1.807, 2.05) is 30.3 Å². The fraction of sp³-hybridized carbons (Fsp3) is 0.278. The van der Waals surface area contributed by atoms with Gasteiger partial charge in [-0.2, -0.15) is 0 Å². The van der Waals surface area contributed by atoms with Crippen LogP contribution < -0.4 is 14.8 Å². The number of halogens is 3. The van der Waals surface area contributed by atoms with E-state index in [-0.39, 0.29) is 18.0 Å². The van der Waals surface area contributed by atoms with Crippen LogP contribution in [-0.4, -0.2) is 25.7 Å². The Kier molecular flexibility index (Phi) is 6.26. The highest BCUT2D eigenvalue weighted by Gasteiger charge is 2.47. The maximum atomic E-state index is 14.0. The van der Waals surface area contributed by atoms with E-state index in [0.29, 0.717) is 18.1 Å². The van der Waals surface area contributed by atoms with Gasteiger partial charge in [0.2, 0.25) is 0 Å². The minimum absolute atomic E-state index is 0. The molecule has 2 aromatic rings. The second-order valence-corrected chi connectivity index (χ2v) is 5.60. The van der Waals surface area contributed by atoms with Gasteiger partial charge >= 0.3 is 12.0 Å². The summed E-state index contributed by atoms with van der Waals surface area (Å²) in [7, 11) is 1.43. The Morgan fingerprint density at radius 1 is 1.19 bits per heavy atom. The minimum atomic E-state index is -3.22.